The molecule has 0 bridgehead atoms. The molecule has 0 spiro atoms. The molecule has 3 nitrogen and oxygen atoms in total. The zero-order valence-electron chi connectivity index (χ0n) is 9.50. The SMILES string of the molecule is CN1CCC(N(C)CC2CCCN2)C1. The van der Waals surface area contributed by atoms with E-state index in [2.05, 4.69) is 29.2 Å². The molecule has 1 N–H and O–H groups in total. The van der Waals surface area contributed by atoms with Gasteiger partial charge in [-0.15, -0.1) is 0 Å². The Balaban J connectivity index is 1.74. The Hall–Kier alpha value is -0.120. The summed E-state index contributed by atoms with van der Waals surface area (Å²) < 4.78 is 0. The fourth-order valence-electron chi connectivity index (χ4n) is 2.68. The molecule has 0 aromatic rings. The quantitative estimate of drug-likeness (QED) is 0.705. The van der Waals surface area contributed by atoms with E-state index in [-0.39, 0.29) is 0 Å². The molecule has 0 saturated carbocycles. The first-order chi connectivity index (χ1) is 6.75. The number of hydrogen-bond acceptors (Lipinski definition) is 3. The molecule has 2 saturated heterocycles. The van der Waals surface area contributed by atoms with Crippen LogP contribution in [0.3, 0.4) is 0 Å². The van der Waals surface area contributed by atoms with E-state index in [9.17, 15) is 0 Å². The highest BCUT2D eigenvalue weighted by molar-refractivity contribution is 4.84. The molecule has 0 radical (unpaired) electrons. The van der Waals surface area contributed by atoms with Crippen molar-refractivity contribution in [3.8, 4) is 0 Å². The maximum atomic E-state index is 3.57. The maximum Gasteiger partial charge on any atom is 0.0232 e. The van der Waals surface area contributed by atoms with Crippen LogP contribution in [-0.2, 0) is 0 Å². The van der Waals surface area contributed by atoms with Crippen LogP contribution in [0.25, 0.3) is 0 Å². The van der Waals surface area contributed by atoms with Crippen LogP contribution in [0.5, 0.6) is 0 Å². The van der Waals surface area contributed by atoms with Gasteiger partial charge >= 0.3 is 0 Å². The van der Waals surface area contributed by atoms with Gasteiger partial charge in [-0.3, -0.25) is 0 Å². The van der Waals surface area contributed by atoms with E-state index in [0.29, 0.717) is 0 Å². The third kappa shape index (κ3) is 2.47. The minimum atomic E-state index is 0.755. The van der Waals surface area contributed by atoms with Crippen LogP contribution >= 0.6 is 0 Å². The fourth-order valence-corrected chi connectivity index (χ4v) is 2.68. The molecule has 0 aromatic carbocycles. The van der Waals surface area contributed by atoms with E-state index < -0.39 is 0 Å². The van der Waals surface area contributed by atoms with Gasteiger partial charge in [0.1, 0.15) is 0 Å². The molecule has 2 aliphatic rings. The van der Waals surface area contributed by atoms with Gasteiger partial charge in [0.05, 0.1) is 0 Å². The Morgan fingerprint density at radius 2 is 2.29 bits per heavy atom. The van der Waals surface area contributed by atoms with E-state index in [1.165, 1.54) is 45.4 Å². The van der Waals surface area contributed by atoms with Gasteiger partial charge in [0.2, 0.25) is 0 Å². The van der Waals surface area contributed by atoms with E-state index >= 15 is 0 Å². The molecular weight excluding hydrogens is 174 g/mol. The summed E-state index contributed by atoms with van der Waals surface area (Å²) in [4.78, 5) is 4.98. The highest BCUT2D eigenvalue weighted by atomic mass is 15.2. The normalized spacial score (nSPS) is 34.5. The lowest BCUT2D eigenvalue weighted by molar-refractivity contribution is 0.222. The van der Waals surface area contributed by atoms with Crippen molar-refractivity contribution in [3.05, 3.63) is 0 Å². The zero-order chi connectivity index (χ0) is 9.97. The van der Waals surface area contributed by atoms with Gasteiger partial charge < -0.3 is 15.1 Å². The monoisotopic (exact) mass is 197 g/mol. The van der Waals surface area contributed by atoms with Crippen molar-refractivity contribution in [1.82, 2.24) is 15.1 Å². The third-order valence-corrected chi connectivity index (χ3v) is 3.66. The number of hydrogen-bond donors (Lipinski definition) is 1. The summed E-state index contributed by atoms with van der Waals surface area (Å²) >= 11 is 0. The summed E-state index contributed by atoms with van der Waals surface area (Å²) in [5, 5.41) is 3.57. The van der Waals surface area contributed by atoms with Crippen molar-refractivity contribution in [2.75, 3.05) is 40.3 Å². The molecule has 14 heavy (non-hydrogen) atoms. The summed E-state index contributed by atoms with van der Waals surface area (Å²) in [6.07, 6.45) is 4.08. The Bertz CT molecular complexity index is 177. The van der Waals surface area contributed by atoms with E-state index in [1.807, 2.05) is 0 Å². The minimum Gasteiger partial charge on any atom is -0.313 e. The predicted molar refractivity (Wildman–Crippen MR) is 59.6 cm³/mol. The number of nitrogens with zero attached hydrogens (tertiary/aromatic N) is 2. The zero-order valence-corrected chi connectivity index (χ0v) is 9.50. The number of likely N-dealkylation sites (N-methyl/N-ethyl adjacent to an activating group) is 2. The molecule has 2 atom stereocenters. The Kier molecular flexibility index (Phi) is 3.42. The van der Waals surface area contributed by atoms with Crippen LogP contribution < -0.4 is 5.32 Å². The van der Waals surface area contributed by atoms with Crippen molar-refractivity contribution >= 4 is 0 Å². The van der Waals surface area contributed by atoms with Gasteiger partial charge in [-0.2, -0.15) is 0 Å². The summed E-state index contributed by atoms with van der Waals surface area (Å²) in [6, 6.07) is 1.55. The highest BCUT2D eigenvalue weighted by Crippen LogP contribution is 2.14. The summed E-state index contributed by atoms with van der Waals surface area (Å²) in [5.41, 5.74) is 0. The minimum absolute atomic E-state index is 0.755. The van der Waals surface area contributed by atoms with Crippen molar-refractivity contribution in [2.24, 2.45) is 0 Å². The average Bonchev–Trinajstić information content (AvgIpc) is 2.75. The first-order valence-corrected chi connectivity index (χ1v) is 5.88. The summed E-state index contributed by atoms with van der Waals surface area (Å²) in [7, 11) is 4.51. The van der Waals surface area contributed by atoms with Gasteiger partial charge in [0, 0.05) is 25.2 Å². The molecule has 3 heteroatoms. The molecule has 82 valence electrons. The first-order valence-electron chi connectivity index (χ1n) is 5.88. The van der Waals surface area contributed by atoms with Gasteiger partial charge in [-0.25, -0.2) is 0 Å². The van der Waals surface area contributed by atoms with E-state index in [0.717, 1.165) is 12.1 Å². The van der Waals surface area contributed by atoms with Crippen LogP contribution in [0, 0.1) is 0 Å². The van der Waals surface area contributed by atoms with Crippen LogP contribution in [0.2, 0.25) is 0 Å². The number of likely N-dealkylation sites (tertiary alicyclic amines) is 1. The Morgan fingerprint density at radius 3 is 2.86 bits per heavy atom. The molecule has 0 aliphatic carbocycles. The lowest BCUT2D eigenvalue weighted by atomic mass is 10.1. The van der Waals surface area contributed by atoms with Crippen LogP contribution in [-0.4, -0.2) is 62.2 Å². The molecule has 0 amide bonds. The van der Waals surface area contributed by atoms with Crippen molar-refractivity contribution < 1.29 is 0 Å². The van der Waals surface area contributed by atoms with Crippen LogP contribution in [0.15, 0.2) is 0 Å². The van der Waals surface area contributed by atoms with E-state index in [4.69, 9.17) is 0 Å². The highest BCUT2D eigenvalue weighted by Gasteiger charge is 2.25. The van der Waals surface area contributed by atoms with Gasteiger partial charge in [-0.05, 0) is 46.4 Å². The van der Waals surface area contributed by atoms with Crippen molar-refractivity contribution in [3.63, 3.8) is 0 Å². The Morgan fingerprint density at radius 1 is 1.43 bits per heavy atom. The summed E-state index contributed by atoms with van der Waals surface area (Å²) in [6.45, 7) is 4.98. The van der Waals surface area contributed by atoms with E-state index in [1.54, 1.807) is 0 Å². The van der Waals surface area contributed by atoms with Crippen LogP contribution in [0.4, 0.5) is 0 Å². The van der Waals surface area contributed by atoms with Crippen LogP contribution in [0.1, 0.15) is 19.3 Å². The third-order valence-electron chi connectivity index (χ3n) is 3.66. The van der Waals surface area contributed by atoms with Gasteiger partial charge in [0.25, 0.3) is 0 Å². The standard InChI is InChI=1S/C11H23N3/c1-13-7-5-11(9-13)14(2)8-10-4-3-6-12-10/h10-12H,3-9H2,1-2H3. The number of rotatable bonds is 3. The largest absolute Gasteiger partial charge is 0.313 e. The fraction of sp³-hybridized carbons (Fsp3) is 1.00. The predicted octanol–water partition coefficient (Wildman–Crippen LogP) is 0.374. The van der Waals surface area contributed by atoms with Crippen molar-refractivity contribution in [2.45, 2.75) is 31.3 Å². The first kappa shape index (κ1) is 10.4. The smallest absolute Gasteiger partial charge is 0.0232 e. The lowest BCUT2D eigenvalue weighted by Gasteiger charge is -2.27. The molecule has 2 aliphatic heterocycles. The second kappa shape index (κ2) is 4.60. The van der Waals surface area contributed by atoms with Gasteiger partial charge in [-0.1, -0.05) is 0 Å². The summed E-state index contributed by atoms with van der Waals surface area (Å²) in [5.74, 6) is 0. The topological polar surface area (TPSA) is 18.5 Å². The molecule has 2 unspecified atom stereocenters. The second-order valence-corrected chi connectivity index (χ2v) is 4.94. The molecule has 2 rings (SSSR count). The lowest BCUT2D eigenvalue weighted by Crippen LogP contribution is -2.41. The molecular formula is C11H23N3. The molecule has 2 fully saturated rings. The van der Waals surface area contributed by atoms with Gasteiger partial charge in [0.15, 0.2) is 0 Å². The average molecular weight is 197 g/mol. The second-order valence-electron chi connectivity index (χ2n) is 4.94. The van der Waals surface area contributed by atoms with Crippen molar-refractivity contribution in [1.29, 1.82) is 0 Å². The maximum absolute atomic E-state index is 3.57. The molecule has 2 heterocycles. The molecule has 0 aromatic heterocycles. The number of nitrogens with one attached hydrogen (secondary N) is 1. The Labute approximate surface area is 87.4 Å².